The molecule has 0 spiro atoms. The van der Waals surface area contributed by atoms with E-state index in [4.69, 9.17) is 21.6 Å². The van der Waals surface area contributed by atoms with E-state index < -0.39 is 0 Å². The normalized spacial score (nSPS) is 18.1. The molecule has 0 amide bonds. The van der Waals surface area contributed by atoms with Crippen molar-refractivity contribution >= 4 is 17.4 Å². The van der Waals surface area contributed by atoms with Gasteiger partial charge in [0.25, 0.3) is 0 Å². The van der Waals surface area contributed by atoms with Crippen molar-refractivity contribution in [2.24, 2.45) is 5.92 Å². The number of benzene rings is 1. The second-order valence-corrected chi connectivity index (χ2v) is 9.43. The third kappa shape index (κ3) is 5.35. The monoisotopic (exact) mass is 411 g/mol. The van der Waals surface area contributed by atoms with Crippen LogP contribution >= 0.6 is 11.6 Å². The third-order valence-corrected chi connectivity index (χ3v) is 5.42. The van der Waals surface area contributed by atoms with Crippen molar-refractivity contribution in [1.82, 2.24) is 10.3 Å². The lowest BCUT2D eigenvalue weighted by atomic mass is 9.74. The summed E-state index contributed by atoms with van der Waals surface area (Å²) in [5.74, 6) is 1.18. The van der Waals surface area contributed by atoms with Gasteiger partial charge in [-0.3, -0.25) is 9.78 Å². The topological polar surface area (TPSA) is 75.0 Å². The smallest absolute Gasteiger partial charge is 0.163 e. The molecule has 29 heavy (non-hydrogen) atoms. The highest BCUT2D eigenvalue weighted by Gasteiger charge is 2.38. The quantitative estimate of drug-likeness (QED) is 0.654. The average molecular weight is 412 g/mol. The summed E-state index contributed by atoms with van der Waals surface area (Å²) in [6.45, 7) is 8.73. The first-order valence-electron chi connectivity index (χ1n) is 9.73. The van der Waals surface area contributed by atoms with Crippen molar-refractivity contribution in [2.75, 3.05) is 0 Å². The Labute approximate surface area is 177 Å². The second-order valence-electron chi connectivity index (χ2n) is 9.03. The van der Waals surface area contributed by atoms with Crippen molar-refractivity contribution in [3.63, 3.8) is 0 Å². The molecule has 152 valence electrons. The molecule has 1 aromatic heterocycles. The zero-order valence-corrected chi connectivity index (χ0v) is 18.0. The minimum absolute atomic E-state index is 0.00499. The van der Waals surface area contributed by atoms with E-state index in [9.17, 15) is 4.79 Å². The predicted octanol–water partition coefficient (Wildman–Crippen LogP) is 5.53. The molecular weight excluding hydrogens is 386 g/mol. The molecule has 1 saturated heterocycles. The number of carbonyl (C=O) groups excluding carboxylic acids is 1. The SMILES string of the molecule is CC1(C)CC(CC(=O)c2ccc(Oc3ccncc3C#N)c(Cl)c2)CC(C)(C)N1. The number of nitrogens with zero attached hydrogens (tertiary/aromatic N) is 2. The number of rotatable bonds is 5. The standard InChI is InChI=1S/C23H26ClN3O2/c1-22(2)11-15(12-23(3,4)27-22)9-19(28)16-5-6-21(18(24)10-16)29-20-7-8-26-14-17(20)13-25/h5-8,10,14-15,27H,9,11-12H2,1-4H3. The number of carbonyl (C=O) groups is 1. The van der Waals surface area contributed by atoms with Crippen LogP contribution in [0.3, 0.4) is 0 Å². The van der Waals surface area contributed by atoms with Crippen LogP contribution in [0.15, 0.2) is 36.7 Å². The number of ether oxygens (including phenoxy) is 1. The molecule has 1 aliphatic heterocycles. The molecule has 2 heterocycles. The molecule has 1 fully saturated rings. The van der Waals surface area contributed by atoms with E-state index in [0.717, 1.165) is 12.8 Å². The molecule has 0 unspecified atom stereocenters. The van der Waals surface area contributed by atoms with Gasteiger partial charge in [-0.15, -0.1) is 0 Å². The number of hydrogen-bond acceptors (Lipinski definition) is 5. The average Bonchev–Trinajstić information content (AvgIpc) is 2.61. The largest absolute Gasteiger partial charge is 0.454 e. The minimum atomic E-state index is 0.00499. The van der Waals surface area contributed by atoms with E-state index in [1.165, 1.54) is 6.20 Å². The van der Waals surface area contributed by atoms with Gasteiger partial charge in [0.1, 0.15) is 23.1 Å². The van der Waals surface area contributed by atoms with Crippen molar-refractivity contribution in [3.8, 4) is 17.6 Å². The summed E-state index contributed by atoms with van der Waals surface area (Å²) in [5.41, 5.74) is 0.905. The Morgan fingerprint density at radius 2 is 1.93 bits per heavy atom. The number of ketones is 1. The van der Waals surface area contributed by atoms with Gasteiger partial charge in [-0.2, -0.15) is 5.26 Å². The Balaban J connectivity index is 1.73. The van der Waals surface area contributed by atoms with Crippen molar-refractivity contribution in [1.29, 1.82) is 5.26 Å². The van der Waals surface area contributed by atoms with E-state index in [0.29, 0.717) is 40.0 Å². The molecule has 1 aliphatic rings. The van der Waals surface area contributed by atoms with Gasteiger partial charge in [-0.1, -0.05) is 11.6 Å². The Morgan fingerprint density at radius 3 is 2.55 bits per heavy atom. The molecule has 0 saturated carbocycles. The number of nitrogens with one attached hydrogen (secondary N) is 1. The van der Waals surface area contributed by atoms with Crippen LogP contribution in [0.5, 0.6) is 11.5 Å². The van der Waals surface area contributed by atoms with Gasteiger partial charge in [0.05, 0.1) is 5.02 Å². The number of nitriles is 1. The summed E-state index contributed by atoms with van der Waals surface area (Å²) in [6, 6.07) is 8.69. The summed E-state index contributed by atoms with van der Waals surface area (Å²) < 4.78 is 5.76. The van der Waals surface area contributed by atoms with Crippen molar-refractivity contribution in [3.05, 3.63) is 52.8 Å². The molecule has 5 nitrogen and oxygen atoms in total. The van der Waals surface area contributed by atoms with Crippen LogP contribution < -0.4 is 10.1 Å². The molecule has 0 atom stereocenters. The molecule has 0 bridgehead atoms. The fourth-order valence-corrected chi connectivity index (χ4v) is 4.71. The minimum Gasteiger partial charge on any atom is -0.454 e. The molecule has 0 radical (unpaired) electrons. The van der Waals surface area contributed by atoms with Crippen molar-refractivity contribution in [2.45, 2.75) is 58.0 Å². The maximum atomic E-state index is 12.9. The van der Waals surface area contributed by atoms with Gasteiger partial charge in [-0.25, -0.2) is 0 Å². The highest BCUT2D eigenvalue weighted by Crippen LogP contribution is 2.36. The van der Waals surface area contributed by atoms with Crippen LogP contribution in [-0.2, 0) is 0 Å². The first-order valence-corrected chi connectivity index (χ1v) is 10.1. The Morgan fingerprint density at radius 1 is 1.24 bits per heavy atom. The Bertz CT molecular complexity index is 947. The van der Waals surface area contributed by atoms with Crippen LogP contribution in [0.4, 0.5) is 0 Å². The maximum Gasteiger partial charge on any atom is 0.163 e. The highest BCUT2D eigenvalue weighted by molar-refractivity contribution is 6.32. The van der Waals surface area contributed by atoms with E-state index in [2.05, 4.69) is 38.0 Å². The number of hydrogen-bond donors (Lipinski definition) is 1. The molecule has 0 aliphatic carbocycles. The molecule has 6 heteroatoms. The molecule has 1 aromatic carbocycles. The van der Waals surface area contributed by atoms with E-state index in [-0.39, 0.29) is 16.9 Å². The zero-order chi connectivity index (χ0) is 21.2. The summed E-state index contributed by atoms with van der Waals surface area (Å²) in [6.07, 6.45) is 5.38. The number of piperidine rings is 1. The Kier molecular flexibility index (Phi) is 5.97. The lowest BCUT2D eigenvalue weighted by molar-refractivity contribution is 0.0864. The first kappa shape index (κ1) is 21.3. The predicted molar refractivity (Wildman–Crippen MR) is 113 cm³/mol. The molecular formula is C23H26ClN3O2. The fraction of sp³-hybridized carbons (Fsp3) is 0.435. The van der Waals surface area contributed by atoms with Gasteiger partial charge in [0.15, 0.2) is 5.78 Å². The fourth-order valence-electron chi connectivity index (χ4n) is 4.49. The highest BCUT2D eigenvalue weighted by atomic mass is 35.5. The molecule has 3 rings (SSSR count). The summed E-state index contributed by atoms with van der Waals surface area (Å²) in [4.78, 5) is 16.8. The van der Waals surface area contributed by atoms with Crippen LogP contribution in [0.2, 0.25) is 5.02 Å². The number of Topliss-reactive ketones (excluding diaryl/α,β-unsaturated/α-hetero) is 1. The summed E-state index contributed by atoms with van der Waals surface area (Å²) in [5, 5.41) is 13.1. The van der Waals surface area contributed by atoms with Crippen LogP contribution in [0, 0.1) is 17.2 Å². The van der Waals surface area contributed by atoms with Crippen LogP contribution in [0.25, 0.3) is 0 Å². The zero-order valence-electron chi connectivity index (χ0n) is 17.3. The first-order chi connectivity index (χ1) is 13.6. The maximum absolute atomic E-state index is 12.9. The molecule has 1 N–H and O–H groups in total. The van der Waals surface area contributed by atoms with E-state index in [1.54, 1.807) is 30.5 Å². The van der Waals surface area contributed by atoms with Gasteiger partial charge in [0, 0.05) is 41.5 Å². The third-order valence-electron chi connectivity index (χ3n) is 5.12. The number of halogens is 1. The summed E-state index contributed by atoms with van der Waals surface area (Å²) >= 11 is 6.37. The van der Waals surface area contributed by atoms with Crippen LogP contribution in [-0.4, -0.2) is 21.8 Å². The second kappa shape index (κ2) is 8.14. The van der Waals surface area contributed by atoms with E-state index in [1.807, 2.05) is 6.07 Å². The van der Waals surface area contributed by atoms with Crippen molar-refractivity contribution < 1.29 is 9.53 Å². The van der Waals surface area contributed by atoms with Gasteiger partial charge >= 0.3 is 0 Å². The Hall–Kier alpha value is -2.42. The van der Waals surface area contributed by atoms with Gasteiger partial charge in [0.2, 0.25) is 0 Å². The van der Waals surface area contributed by atoms with Crippen LogP contribution in [0.1, 0.15) is 62.9 Å². The molecule has 2 aromatic rings. The number of pyridine rings is 1. The lowest BCUT2D eigenvalue weighted by Gasteiger charge is -2.46. The summed E-state index contributed by atoms with van der Waals surface area (Å²) in [7, 11) is 0. The van der Waals surface area contributed by atoms with E-state index >= 15 is 0 Å². The van der Waals surface area contributed by atoms with Gasteiger partial charge in [-0.05, 0) is 64.7 Å². The lowest BCUT2D eigenvalue weighted by Crippen LogP contribution is -2.57. The number of aromatic nitrogens is 1. The van der Waals surface area contributed by atoms with Gasteiger partial charge < -0.3 is 10.1 Å².